The monoisotopic (exact) mass is 440 g/mol. The molecule has 3 nitrogen and oxygen atoms in total. The summed E-state index contributed by atoms with van der Waals surface area (Å²) in [5, 5.41) is 11.0. The average molecular weight is 441 g/mol. The van der Waals surface area contributed by atoms with Crippen molar-refractivity contribution >= 4 is 15.9 Å². The number of rotatable bonds is 16. The van der Waals surface area contributed by atoms with E-state index in [2.05, 4.69) is 36.4 Å². The molecule has 0 unspecified atom stereocenters. The molecule has 4 heteroatoms. The normalized spacial score (nSPS) is 11.6. The molecule has 0 aliphatic carbocycles. The van der Waals surface area contributed by atoms with Gasteiger partial charge in [0, 0.05) is 12.8 Å². The van der Waals surface area contributed by atoms with Gasteiger partial charge in [0.2, 0.25) is 0 Å². The summed E-state index contributed by atoms with van der Waals surface area (Å²) in [6.07, 6.45) is 12.3. The van der Waals surface area contributed by atoms with Gasteiger partial charge in [-0.3, -0.25) is 0 Å². The Morgan fingerprint density at radius 2 is 1.67 bits per heavy atom. The van der Waals surface area contributed by atoms with Crippen LogP contribution in [0.3, 0.4) is 0 Å². The smallest absolute Gasteiger partial charge is 0.165 e. The third kappa shape index (κ3) is 10.3. The van der Waals surface area contributed by atoms with Crippen LogP contribution >= 0.6 is 15.9 Å². The van der Waals surface area contributed by atoms with Gasteiger partial charge in [0.15, 0.2) is 5.79 Å². The molecule has 0 aliphatic rings. The highest BCUT2D eigenvalue weighted by Gasteiger charge is 2.26. The molecule has 0 saturated carbocycles. The predicted molar refractivity (Wildman–Crippen MR) is 117 cm³/mol. The molecule has 0 heterocycles. The summed E-state index contributed by atoms with van der Waals surface area (Å²) in [6.45, 7) is 8.94. The minimum absolute atomic E-state index is 0.401. The lowest BCUT2D eigenvalue weighted by Crippen LogP contribution is -2.32. The molecular weight excluding hydrogens is 404 g/mol. The van der Waals surface area contributed by atoms with Gasteiger partial charge in [0.05, 0.1) is 11.1 Å². The van der Waals surface area contributed by atoms with E-state index >= 15 is 0 Å². The first-order valence-electron chi connectivity index (χ1n) is 10.4. The van der Waals surface area contributed by atoms with Gasteiger partial charge in [-0.25, -0.2) is 0 Å². The second kappa shape index (κ2) is 14.2. The van der Waals surface area contributed by atoms with Gasteiger partial charge in [-0.15, -0.1) is 0 Å². The summed E-state index contributed by atoms with van der Waals surface area (Å²) in [6, 6.07) is 5.90. The van der Waals surface area contributed by atoms with E-state index in [0.717, 1.165) is 41.5 Å². The zero-order valence-corrected chi connectivity index (χ0v) is 18.7. The Kier molecular flexibility index (Phi) is 12.7. The van der Waals surface area contributed by atoms with E-state index in [-0.39, 0.29) is 0 Å². The van der Waals surface area contributed by atoms with E-state index < -0.39 is 5.79 Å². The number of aliphatic hydroxyl groups is 1. The molecule has 1 aromatic rings. The van der Waals surface area contributed by atoms with Crippen molar-refractivity contribution < 1.29 is 14.6 Å². The molecule has 27 heavy (non-hydrogen) atoms. The maximum atomic E-state index is 11.0. The highest BCUT2D eigenvalue weighted by Crippen LogP contribution is 2.29. The second-order valence-electron chi connectivity index (χ2n) is 7.22. The molecule has 154 valence electrons. The van der Waals surface area contributed by atoms with Crippen LogP contribution in [-0.2, 0) is 11.3 Å². The molecule has 0 radical (unpaired) electrons. The molecule has 0 amide bonds. The van der Waals surface area contributed by atoms with Crippen molar-refractivity contribution in [1.29, 1.82) is 0 Å². The zero-order valence-electron chi connectivity index (χ0n) is 17.1. The van der Waals surface area contributed by atoms with Gasteiger partial charge in [-0.2, -0.15) is 0 Å². The first-order valence-corrected chi connectivity index (χ1v) is 11.2. The summed E-state index contributed by atoms with van der Waals surface area (Å²) in [4.78, 5) is 0. The number of halogens is 1. The summed E-state index contributed by atoms with van der Waals surface area (Å²) >= 11 is 3.54. The minimum atomic E-state index is -1.02. The third-order valence-corrected chi connectivity index (χ3v) is 5.32. The van der Waals surface area contributed by atoms with Crippen LogP contribution in [0.15, 0.2) is 35.3 Å². The van der Waals surface area contributed by atoms with Gasteiger partial charge < -0.3 is 14.6 Å². The fraction of sp³-hybridized carbons (Fsp3) is 0.652. The highest BCUT2D eigenvalue weighted by molar-refractivity contribution is 9.10. The molecule has 0 aromatic heterocycles. The number of benzene rings is 1. The Morgan fingerprint density at radius 1 is 1.04 bits per heavy atom. The largest absolute Gasteiger partial charge is 0.488 e. The lowest BCUT2D eigenvalue weighted by molar-refractivity contribution is -0.220. The maximum absolute atomic E-state index is 11.0. The summed E-state index contributed by atoms with van der Waals surface area (Å²) in [5.41, 5.74) is 1.02. The molecule has 0 spiro atoms. The molecule has 0 saturated heterocycles. The Labute approximate surface area is 174 Å². The Morgan fingerprint density at radius 3 is 2.19 bits per heavy atom. The number of unbranched alkanes of at least 4 members (excludes halogenated alkanes) is 6. The molecule has 1 N–H and O–H groups in total. The van der Waals surface area contributed by atoms with Crippen LogP contribution in [0.2, 0.25) is 0 Å². The van der Waals surface area contributed by atoms with Crippen molar-refractivity contribution in [2.75, 3.05) is 6.61 Å². The molecule has 0 atom stereocenters. The van der Waals surface area contributed by atoms with Gasteiger partial charge in [0.25, 0.3) is 0 Å². The van der Waals surface area contributed by atoms with Crippen molar-refractivity contribution in [3.05, 3.63) is 40.9 Å². The molecule has 1 aromatic carbocycles. The highest BCUT2D eigenvalue weighted by atomic mass is 79.9. The number of hydrogen-bond acceptors (Lipinski definition) is 3. The van der Waals surface area contributed by atoms with Crippen LogP contribution in [-0.4, -0.2) is 17.5 Å². The number of hydrogen-bond donors (Lipinski definition) is 1. The van der Waals surface area contributed by atoms with Crippen LogP contribution in [0.4, 0.5) is 0 Å². The molecule has 0 aliphatic heterocycles. The standard InChI is InChI=1S/C23H37BrO3/c1-4-7-9-11-15-23(25,16-12-10-8-5-2)27-19-20-13-14-22(21(24)18-20)26-17-6-3/h6,13-14,18,25H,3-5,7-12,15-17,19H2,1-2H3. The van der Waals surface area contributed by atoms with Crippen LogP contribution in [0.25, 0.3) is 0 Å². The van der Waals surface area contributed by atoms with Crippen molar-refractivity contribution in [3.63, 3.8) is 0 Å². The van der Waals surface area contributed by atoms with E-state index in [1.807, 2.05) is 18.2 Å². The van der Waals surface area contributed by atoms with Crippen molar-refractivity contribution in [1.82, 2.24) is 0 Å². The first kappa shape index (κ1) is 24.2. The third-order valence-electron chi connectivity index (χ3n) is 4.70. The number of ether oxygens (including phenoxy) is 2. The maximum Gasteiger partial charge on any atom is 0.165 e. The van der Waals surface area contributed by atoms with Gasteiger partial charge in [-0.05, 0) is 46.5 Å². The second-order valence-corrected chi connectivity index (χ2v) is 8.07. The van der Waals surface area contributed by atoms with E-state index in [4.69, 9.17) is 9.47 Å². The summed E-state index contributed by atoms with van der Waals surface area (Å²) < 4.78 is 12.5. The SMILES string of the molecule is C=CCOc1ccc(COC(O)(CCCCCC)CCCCCC)cc1Br. The fourth-order valence-corrected chi connectivity index (χ4v) is 3.58. The van der Waals surface area contributed by atoms with Crippen LogP contribution in [0.1, 0.15) is 83.6 Å². The van der Waals surface area contributed by atoms with E-state index in [1.54, 1.807) is 6.08 Å². The minimum Gasteiger partial charge on any atom is -0.488 e. The lowest BCUT2D eigenvalue weighted by atomic mass is 10.00. The Hall–Kier alpha value is -0.840. The van der Waals surface area contributed by atoms with E-state index in [1.165, 1.54) is 25.7 Å². The molecule has 1 rings (SSSR count). The average Bonchev–Trinajstić information content (AvgIpc) is 2.67. The van der Waals surface area contributed by atoms with Gasteiger partial charge in [-0.1, -0.05) is 71.1 Å². The fourth-order valence-electron chi connectivity index (χ4n) is 3.04. The first-order chi connectivity index (χ1) is 13.0. The predicted octanol–water partition coefficient (Wildman–Crippen LogP) is 7.16. The molecule has 0 bridgehead atoms. The van der Waals surface area contributed by atoms with Crippen LogP contribution in [0.5, 0.6) is 5.75 Å². The van der Waals surface area contributed by atoms with Crippen LogP contribution in [0, 0.1) is 0 Å². The quantitative estimate of drug-likeness (QED) is 0.168. The van der Waals surface area contributed by atoms with Crippen molar-refractivity contribution in [2.45, 2.75) is 90.4 Å². The van der Waals surface area contributed by atoms with E-state index in [0.29, 0.717) is 26.1 Å². The Bertz CT molecular complexity index is 518. The van der Waals surface area contributed by atoms with Crippen molar-refractivity contribution in [3.8, 4) is 5.75 Å². The van der Waals surface area contributed by atoms with E-state index in [9.17, 15) is 5.11 Å². The van der Waals surface area contributed by atoms with Crippen molar-refractivity contribution in [2.24, 2.45) is 0 Å². The summed E-state index contributed by atoms with van der Waals surface area (Å²) in [7, 11) is 0. The molecule has 0 fully saturated rings. The van der Waals surface area contributed by atoms with Crippen LogP contribution < -0.4 is 4.74 Å². The van der Waals surface area contributed by atoms with Gasteiger partial charge in [0.1, 0.15) is 12.4 Å². The van der Waals surface area contributed by atoms with Gasteiger partial charge >= 0.3 is 0 Å². The Balaban J connectivity index is 2.62. The summed E-state index contributed by atoms with van der Waals surface area (Å²) in [5.74, 6) is -0.237. The topological polar surface area (TPSA) is 38.7 Å². The lowest BCUT2D eigenvalue weighted by Gasteiger charge is -2.29. The zero-order chi connectivity index (χ0) is 20.0. The molecular formula is C23H37BrO3.